The summed E-state index contributed by atoms with van der Waals surface area (Å²) in [5.41, 5.74) is 2.68. The van der Waals surface area contributed by atoms with E-state index in [2.05, 4.69) is 21.6 Å². The first-order valence-electron chi connectivity index (χ1n) is 10.1. The maximum Gasteiger partial charge on any atom is 0.268 e. The van der Waals surface area contributed by atoms with Gasteiger partial charge in [0.1, 0.15) is 36.4 Å². The predicted octanol–water partition coefficient (Wildman–Crippen LogP) is 3.56. The zero-order chi connectivity index (χ0) is 24.7. The molecule has 0 bridgehead atoms. The Labute approximate surface area is 201 Å². The molecule has 3 aromatic rings. The first kappa shape index (κ1) is 24.9. The van der Waals surface area contributed by atoms with Gasteiger partial charge < -0.3 is 9.47 Å². The summed E-state index contributed by atoms with van der Waals surface area (Å²) in [5, 5.41) is 18.8. The Bertz CT molecular complexity index is 1360. The van der Waals surface area contributed by atoms with Crippen molar-refractivity contribution in [2.24, 2.45) is 0 Å². The molecule has 9 nitrogen and oxygen atoms in total. The molecule has 0 saturated heterocycles. The van der Waals surface area contributed by atoms with Gasteiger partial charge >= 0.3 is 0 Å². The lowest BCUT2D eigenvalue weighted by Crippen LogP contribution is -2.13. The number of nitriles is 1. The molecule has 0 unspecified atom stereocenters. The summed E-state index contributed by atoms with van der Waals surface area (Å²) in [5.74, 6) is 0.715. The van der Waals surface area contributed by atoms with E-state index in [0.29, 0.717) is 35.9 Å². The van der Waals surface area contributed by atoms with E-state index in [1.54, 1.807) is 24.3 Å². The number of aryl methyl sites for hydroxylation is 2. The highest BCUT2D eigenvalue weighted by molar-refractivity contribution is 7.92. The third kappa shape index (κ3) is 6.87. The van der Waals surface area contributed by atoms with E-state index >= 15 is 0 Å². The molecule has 2 aromatic carbocycles. The van der Waals surface area contributed by atoms with Crippen molar-refractivity contribution < 1.29 is 22.7 Å². The summed E-state index contributed by atoms with van der Waals surface area (Å²) in [6.45, 7) is 4.76. The van der Waals surface area contributed by atoms with Gasteiger partial charge in [0.2, 0.25) is 19.3 Å². The van der Waals surface area contributed by atoms with Crippen molar-refractivity contribution in [2.75, 3.05) is 24.8 Å². The largest absolute Gasteiger partial charge is 0.490 e. The Morgan fingerprint density at radius 3 is 2.44 bits per heavy atom. The maximum absolute atomic E-state index is 12.4. The monoisotopic (exact) mass is 498 g/mol. The normalized spacial score (nSPS) is 11.5. The first-order valence-corrected chi connectivity index (χ1v) is 12.8. The lowest BCUT2D eigenvalue weighted by molar-refractivity contribution is -0.112. The van der Waals surface area contributed by atoms with Crippen molar-refractivity contribution in [1.29, 1.82) is 5.26 Å². The van der Waals surface area contributed by atoms with Crippen LogP contribution in [0, 0.1) is 25.2 Å². The smallest absolute Gasteiger partial charge is 0.268 e. The van der Waals surface area contributed by atoms with Gasteiger partial charge in [-0.25, -0.2) is 8.42 Å². The summed E-state index contributed by atoms with van der Waals surface area (Å²) in [6, 6.07) is 14.7. The number of ether oxygens (including phenoxy) is 2. The van der Waals surface area contributed by atoms with Crippen molar-refractivity contribution in [1.82, 2.24) is 10.2 Å². The van der Waals surface area contributed by atoms with Crippen LogP contribution in [0.2, 0.25) is 0 Å². The number of benzene rings is 2. The topological polar surface area (TPSA) is 131 Å². The van der Waals surface area contributed by atoms with Crippen LogP contribution in [0.5, 0.6) is 11.5 Å². The lowest BCUT2D eigenvalue weighted by atomic mass is 10.1. The van der Waals surface area contributed by atoms with E-state index in [0.717, 1.165) is 17.6 Å². The van der Waals surface area contributed by atoms with Crippen LogP contribution in [0.4, 0.5) is 5.13 Å². The molecule has 1 N–H and O–H groups in total. The lowest BCUT2D eigenvalue weighted by Gasteiger charge is -2.11. The van der Waals surface area contributed by atoms with E-state index in [4.69, 9.17) is 9.47 Å². The van der Waals surface area contributed by atoms with Crippen LogP contribution in [0.15, 0.2) is 52.4 Å². The van der Waals surface area contributed by atoms with Crippen molar-refractivity contribution >= 4 is 38.3 Å². The van der Waals surface area contributed by atoms with Gasteiger partial charge in [0.15, 0.2) is 0 Å². The molecule has 0 saturated carbocycles. The summed E-state index contributed by atoms with van der Waals surface area (Å²) in [7, 11) is -3.53. The number of carbonyl (C=O) groups is 1. The maximum atomic E-state index is 12.4. The van der Waals surface area contributed by atoms with Gasteiger partial charge in [-0.2, -0.15) is 5.26 Å². The van der Waals surface area contributed by atoms with Gasteiger partial charge in [0.05, 0.1) is 0 Å². The Morgan fingerprint density at radius 2 is 1.82 bits per heavy atom. The number of hydrogen-bond acceptors (Lipinski definition) is 9. The molecule has 34 heavy (non-hydrogen) atoms. The number of aromatic nitrogens is 2. The number of sulfone groups is 1. The van der Waals surface area contributed by atoms with Crippen LogP contribution in [0.3, 0.4) is 0 Å². The molecular weight excluding hydrogens is 476 g/mol. The quantitative estimate of drug-likeness (QED) is 0.205. The van der Waals surface area contributed by atoms with Crippen molar-refractivity contribution in [3.8, 4) is 17.6 Å². The molecule has 0 aliphatic rings. The summed E-state index contributed by atoms with van der Waals surface area (Å²) in [6.07, 6.45) is 2.39. The van der Waals surface area contributed by atoms with Gasteiger partial charge in [0, 0.05) is 6.26 Å². The van der Waals surface area contributed by atoms with Crippen LogP contribution >= 0.6 is 11.3 Å². The Balaban J connectivity index is 1.55. The molecule has 0 radical (unpaired) electrons. The molecule has 0 atom stereocenters. The summed E-state index contributed by atoms with van der Waals surface area (Å²) < 4.78 is 34.2. The van der Waals surface area contributed by atoms with Crippen LogP contribution in [0.1, 0.15) is 16.7 Å². The zero-order valence-electron chi connectivity index (χ0n) is 18.7. The van der Waals surface area contributed by atoms with Gasteiger partial charge in [0.25, 0.3) is 5.91 Å². The number of carbonyl (C=O) groups excluding carboxylic acids is 1. The molecule has 1 amide bonds. The van der Waals surface area contributed by atoms with E-state index in [1.165, 1.54) is 11.6 Å². The number of anilines is 1. The highest BCUT2D eigenvalue weighted by Crippen LogP contribution is 2.21. The van der Waals surface area contributed by atoms with Gasteiger partial charge in [-0.3, -0.25) is 10.1 Å². The summed E-state index contributed by atoms with van der Waals surface area (Å²) in [4.78, 5) is 12.4. The van der Waals surface area contributed by atoms with E-state index in [9.17, 15) is 18.5 Å². The minimum Gasteiger partial charge on any atom is -0.490 e. The Kier molecular flexibility index (Phi) is 7.99. The van der Waals surface area contributed by atoms with E-state index in [-0.39, 0.29) is 15.0 Å². The molecule has 1 aromatic heterocycles. The van der Waals surface area contributed by atoms with Crippen LogP contribution in [-0.4, -0.2) is 44.0 Å². The molecule has 0 aliphatic carbocycles. The fourth-order valence-electron chi connectivity index (χ4n) is 2.82. The number of nitrogens with zero attached hydrogens (tertiary/aromatic N) is 3. The Morgan fingerprint density at radius 1 is 1.12 bits per heavy atom. The van der Waals surface area contributed by atoms with Gasteiger partial charge in [-0.05, 0) is 49.2 Å². The third-order valence-electron chi connectivity index (χ3n) is 4.44. The molecular formula is C23H22N4O5S2. The van der Waals surface area contributed by atoms with Crippen LogP contribution in [0.25, 0.3) is 6.08 Å². The highest BCUT2D eigenvalue weighted by Gasteiger charge is 2.17. The second-order valence-corrected chi connectivity index (χ2v) is 10.5. The molecule has 3 rings (SSSR count). The average molecular weight is 499 g/mol. The number of nitrogens with one attached hydrogen (secondary N) is 1. The minimum absolute atomic E-state index is 0.0154. The highest BCUT2D eigenvalue weighted by atomic mass is 32.2. The summed E-state index contributed by atoms with van der Waals surface area (Å²) >= 11 is 0.708. The molecule has 11 heteroatoms. The minimum atomic E-state index is -3.53. The van der Waals surface area contributed by atoms with Crippen LogP contribution < -0.4 is 14.8 Å². The van der Waals surface area contributed by atoms with Crippen molar-refractivity contribution in [3.63, 3.8) is 0 Å². The number of amides is 1. The molecule has 0 spiro atoms. The second kappa shape index (κ2) is 10.9. The first-order chi connectivity index (χ1) is 16.2. The fourth-order valence-corrected chi connectivity index (χ4v) is 4.33. The molecule has 1 heterocycles. The zero-order valence-corrected chi connectivity index (χ0v) is 20.4. The van der Waals surface area contributed by atoms with Crippen molar-refractivity contribution in [2.45, 2.75) is 18.2 Å². The van der Waals surface area contributed by atoms with Gasteiger partial charge in [-0.1, -0.05) is 41.2 Å². The Hall–Kier alpha value is -3.75. The standard InChI is InChI=1S/C23H22N4O5S2/c1-15-4-9-20(16(2)12-15)32-11-10-31-19-7-5-17(6-8-19)13-18(14-24)21(28)25-22-26-27-23(33-22)34(3,29)30/h4-9,12-13H,10-11H2,1-3H3,(H,25,26,28). The second-order valence-electron chi connectivity index (χ2n) is 7.30. The predicted molar refractivity (Wildman–Crippen MR) is 129 cm³/mol. The average Bonchev–Trinajstić information content (AvgIpc) is 3.26. The van der Waals surface area contributed by atoms with Crippen LogP contribution in [-0.2, 0) is 14.6 Å². The van der Waals surface area contributed by atoms with Gasteiger partial charge in [-0.15, -0.1) is 10.2 Å². The number of rotatable bonds is 9. The van der Waals surface area contributed by atoms with Crippen molar-refractivity contribution in [3.05, 3.63) is 64.7 Å². The third-order valence-corrected chi connectivity index (χ3v) is 6.95. The molecule has 0 fully saturated rings. The molecule has 0 aliphatic heterocycles. The SMILES string of the molecule is Cc1ccc(OCCOc2ccc(C=C(C#N)C(=O)Nc3nnc(S(C)(=O)=O)s3)cc2)c(C)c1. The number of hydrogen-bond donors (Lipinski definition) is 1. The van der Waals surface area contributed by atoms with E-state index < -0.39 is 15.7 Å². The fraction of sp³-hybridized carbons (Fsp3) is 0.217. The molecule has 176 valence electrons. The van der Waals surface area contributed by atoms with E-state index in [1.807, 2.05) is 32.0 Å².